The van der Waals surface area contributed by atoms with Gasteiger partial charge in [-0.05, 0) is 12.1 Å². The van der Waals surface area contributed by atoms with Crippen molar-refractivity contribution in [3.05, 3.63) is 23.9 Å². The van der Waals surface area contributed by atoms with Crippen LogP contribution in [0, 0.1) is 0 Å². The van der Waals surface area contributed by atoms with Crippen LogP contribution >= 0.6 is 0 Å². The Kier molecular flexibility index (Phi) is 3.78. The summed E-state index contributed by atoms with van der Waals surface area (Å²) in [4.78, 5) is 17.0. The zero-order chi connectivity index (χ0) is 13.1. The second kappa shape index (κ2) is 5.32. The van der Waals surface area contributed by atoms with Crippen LogP contribution in [0.5, 0.6) is 0 Å². The molecule has 6 nitrogen and oxygen atoms in total. The van der Waals surface area contributed by atoms with E-state index in [2.05, 4.69) is 4.98 Å². The van der Waals surface area contributed by atoms with Crippen LogP contribution in [0.15, 0.2) is 18.2 Å². The molecular weight excluding hydrogens is 236 g/mol. The number of hydrogen-bond donors (Lipinski definition) is 1. The van der Waals surface area contributed by atoms with Crippen molar-refractivity contribution in [2.24, 2.45) is 0 Å². The molecule has 0 amide bonds. The maximum absolute atomic E-state index is 10.9. The van der Waals surface area contributed by atoms with Crippen LogP contribution in [0.25, 0.3) is 0 Å². The van der Waals surface area contributed by atoms with E-state index in [0.717, 1.165) is 0 Å². The summed E-state index contributed by atoms with van der Waals surface area (Å²) in [7, 11) is 3.28. The van der Waals surface area contributed by atoms with Crippen molar-refractivity contribution in [1.29, 1.82) is 0 Å². The number of ether oxygens (including phenoxy) is 2. The number of aromatic carboxylic acids is 1. The predicted molar refractivity (Wildman–Crippen MR) is 65.0 cm³/mol. The number of rotatable bonds is 4. The third-order valence-electron chi connectivity index (χ3n) is 3.10. The second-order valence-corrected chi connectivity index (χ2v) is 4.14. The Morgan fingerprint density at radius 2 is 1.94 bits per heavy atom. The Morgan fingerprint density at radius 1 is 1.33 bits per heavy atom. The van der Waals surface area contributed by atoms with Crippen LogP contribution < -0.4 is 4.90 Å². The Balaban J connectivity index is 2.18. The van der Waals surface area contributed by atoms with Gasteiger partial charge in [-0.15, -0.1) is 0 Å². The molecule has 0 aromatic carbocycles. The number of pyridine rings is 1. The molecule has 98 valence electrons. The molecule has 0 aliphatic carbocycles. The number of carbonyl (C=O) groups is 1. The Labute approximate surface area is 105 Å². The van der Waals surface area contributed by atoms with E-state index in [-0.39, 0.29) is 17.9 Å². The lowest BCUT2D eigenvalue weighted by Crippen LogP contribution is -2.27. The van der Waals surface area contributed by atoms with Gasteiger partial charge in [-0.2, -0.15) is 0 Å². The van der Waals surface area contributed by atoms with Gasteiger partial charge in [0.25, 0.3) is 0 Å². The summed E-state index contributed by atoms with van der Waals surface area (Å²) in [5.74, 6) is -0.390. The van der Waals surface area contributed by atoms with Crippen LogP contribution in [0.1, 0.15) is 10.5 Å². The highest BCUT2D eigenvalue weighted by atomic mass is 16.5. The maximum Gasteiger partial charge on any atom is 0.354 e. The van der Waals surface area contributed by atoms with Gasteiger partial charge in [0.1, 0.15) is 18.0 Å². The molecule has 0 spiro atoms. The number of methoxy groups -OCH3 is 2. The number of nitrogens with zero attached hydrogens (tertiary/aromatic N) is 2. The average molecular weight is 252 g/mol. The smallest absolute Gasteiger partial charge is 0.354 e. The van der Waals surface area contributed by atoms with E-state index >= 15 is 0 Å². The first-order valence-corrected chi connectivity index (χ1v) is 5.66. The van der Waals surface area contributed by atoms with Crippen molar-refractivity contribution in [2.75, 3.05) is 32.2 Å². The fourth-order valence-electron chi connectivity index (χ4n) is 2.10. The summed E-state index contributed by atoms with van der Waals surface area (Å²) in [6.07, 6.45) is -0.0458. The van der Waals surface area contributed by atoms with Gasteiger partial charge in [0.15, 0.2) is 5.69 Å². The van der Waals surface area contributed by atoms with E-state index in [0.29, 0.717) is 18.9 Å². The SMILES string of the molecule is COC1CN(c2cccc(C(=O)O)n2)CC1OC. The van der Waals surface area contributed by atoms with E-state index in [1.54, 1.807) is 26.4 Å². The lowest BCUT2D eigenvalue weighted by atomic mass is 10.3. The van der Waals surface area contributed by atoms with Crippen molar-refractivity contribution in [1.82, 2.24) is 4.98 Å². The summed E-state index contributed by atoms with van der Waals surface area (Å²) < 4.78 is 10.7. The molecule has 1 aromatic heterocycles. The summed E-state index contributed by atoms with van der Waals surface area (Å²) in [6.45, 7) is 1.29. The Hall–Kier alpha value is -1.66. The number of aromatic nitrogens is 1. The monoisotopic (exact) mass is 252 g/mol. The third kappa shape index (κ3) is 2.44. The van der Waals surface area contributed by atoms with Crippen molar-refractivity contribution >= 4 is 11.8 Å². The third-order valence-corrected chi connectivity index (χ3v) is 3.10. The first-order chi connectivity index (χ1) is 8.65. The lowest BCUT2D eigenvalue weighted by Gasteiger charge is -2.16. The zero-order valence-corrected chi connectivity index (χ0v) is 10.4. The van der Waals surface area contributed by atoms with Crippen LogP contribution in [0.3, 0.4) is 0 Å². The molecule has 1 aromatic rings. The summed E-state index contributed by atoms with van der Waals surface area (Å²) in [5.41, 5.74) is 0.0438. The quantitative estimate of drug-likeness (QED) is 0.847. The first kappa shape index (κ1) is 12.8. The minimum atomic E-state index is -1.03. The molecule has 1 N–H and O–H groups in total. The average Bonchev–Trinajstić information content (AvgIpc) is 2.82. The lowest BCUT2D eigenvalue weighted by molar-refractivity contribution is -0.00461. The van der Waals surface area contributed by atoms with Crippen molar-refractivity contribution in [2.45, 2.75) is 12.2 Å². The highest BCUT2D eigenvalue weighted by molar-refractivity contribution is 5.85. The molecule has 18 heavy (non-hydrogen) atoms. The molecule has 2 atom stereocenters. The molecule has 6 heteroatoms. The summed E-state index contributed by atoms with van der Waals surface area (Å²) >= 11 is 0. The highest BCUT2D eigenvalue weighted by Crippen LogP contribution is 2.21. The molecule has 1 aliphatic rings. The normalized spacial score (nSPS) is 23.3. The molecule has 2 heterocycles. The second-order valence-electron chi connectivity index (χ2n) is 4.14. The highest BCUT2D eigenvalue weighted by Gasteiger charge is 2.33. The fourth-order valence-corrected chi connectivity index (χ4v) is 2.10. The zero-order valence-electron chi connectivity index (χ0n) is 10.4. The van der Waals surface area contributed by atoms with Crippen molar-refractivity contribution < 1.29 is 19.4 Å². The number of carboxylic acids is 1. The van der Waals surface area contributed by atoms with E-state index < -0.39 is 5.97 Å². The van der Waals surface area contributed by atoms with Crippen LogP contribution in [0.4, 0.5) is 5.82 Å². The Morgan fingerprint density at radius 3 is 2.44 bits per heavy atom. The molecule has 1 saturated heterocycles. The maximum atomic E-state index is 10.9. The van der Waals surface area contributed by atoms with Crippen LogP contribution in [-0.4, -0.2) is 55.6 Å². The molecule has 0 radical (unpaired) electrons. The van der Waals surface area contributed by atoms with Crippen LogP contribution in [-0.2, 0) is 9.47 Å². The first-order valence-electron chi connectivity index (χ1n) is 5.66. The van der Waals surface area contributed by atoms with Gasteiger partial charge >= 0.3 is 5.97 Å². The fraction of sp³-hybridized carbons (Fsp3) is 0.500. The standard InChI is InChI=1S/C12H16N2O4/c1-17-9-6-14(7-10(9)18-2)11-5-3-4-8(13-11)12(15)16/h3-5,9-10H,6-7H2,1-2H3,(H,15,16). The van der Waals surface area contributed by atoms with Gasteiger partial charge in [0, 0.05) is 27.3 Å². The molecule has 2 unspecified atom stereocenters. The minimum Gasteiger partial charge on any atom is -0.477 e. The van der Waals surface area contributed by atoms with Gasteiger partial charge in [-0.3, -0.25) is 0 Å². The molecular formula is C12H16N2O4. The largest absolute Gasteiger partial charge is 0.477 e. The van der Waals surface area contributed by atoms with Gasteiger partial charge in [-0.25, -0.2) is 9.78 Å². The van der Waals surface area contributed by atoms with Crippen LogP contribution in [0.2, 0.25) is 0 Å². The molecule has 0 saturated carbocycles. The molecule has 1 aliphatic heterocycles. The Bertz CT molecular complexity index is 426. The molecule has 1 fully saturated rings. The number of anilines is 1. The number of carboxylic acid groups (broad SMARTS) is 1. The number of hydrogen-bond acceptors (Lipinski definition) is 5. The molecule has 2 rings (SSSR count). The van der Waals surface area contributed by atoms with Crippen molar-refractivity contribution in [3.63, 3.8) is 0 Å². The van der Waals surface area contributed by atoms with Gasteiger partial charge in [-0.1, -0.05) is 6.07 Å². The van der Waals surface area contributed by atoms with E-state index in [4.69, 9.17) is 14.6 Å². The van der Waals surface area contributed by atoms with Gasteiger partial charge in [0.05, 0.1) is 0 Å². The van der Waals surface area contributed by atoms with Crippen molar-refractivity contribution in [3.8, 4) is 0 Å². The van der Waals surface area contributed by atoms with E-state index in [1.165, 1.54) is 6.07 Å². The minimum absolute atomic E-state index is 0.0229. The van der Waals surface area contributed by atoms with E-state index in [1.807, 2.05) is 4.90 Å². The van der Waals surface area contributed by atoms with Gasteiger partial charge < -0.3 is 19.5 Å². The summed E-state index contributed by atoms with van der Waals surface area (Å²) in [5, 5.41) is 8.92. The topological polar surface area (TPSA) is 71.9 Å². The summed E-state index contributed by atoms with van der Waals surface area (Å²) in [6, 6.07) is 4.95. The predicted octanol–water partition coefficient (Wildman–Crippen LogP) is 0.630. The van der Waals surface area contributed by atoms with E-state index in [9.17, 15) is 4.79 Å². The van der Waals surface area contributed by atoms with Gasteiger partial charge in [0.2, 0.25) is 0 Å². The molecule has 0 bridgehead atoms.